The highest BCUT2D eigenvalue weighted by molar-refractivity contribution is 5.86. The predicted octanol–water partition coefficient (Wildman–Crippen LogP) is 7.72. The zero-order valence-electron chi connectivity index (χ0n) is 21.6. The van der Waals surface area contributed by atoms with Gasteiger partial charge in [0.1, 0.15) is 11.6 Å². The number of carbonyl (C=O) groups is 2. The second kappa shape index (κ2) is 7.67. The summed E-state index contributed by atoms with van der Waals surface area (Å²) in [7, 11) is 0. The van der Waals surface area contributed by atoms with Crippen LogP contribution in [0.3, 0.4) is 0 Å². The Balaban J connectivity index is 1.59. The van der Waals surface area contributed by atoms with Gasteiger partial charge in [0.05, 0.1) is 0 Å². The summed E-state index contributed by atoms with van der Waals surface area (Å²) in [6.45, 7) is 22.8. The Morgan fingerprint density at radius 3 is 1.34 bits per heavy atom. The van der Waals surface area contributed by atoms with Gasteiger partial charge in [-0.05, 0) is 85.9 Å². The molecule has 0 aromatic carbocycles. The molecule has 0 amide bonds. The van der Waals surface area contributed by atoms with E-state index in [1.165, 1.54) is 11.1 Å². The van der Waals surface area contributed by atoms with Gasteiger partial charge in [-0.25, -0.2) is 0 Å². The molecule has 0 bridgehead atoms. The van der Waals surface area contributed by atoms with Crippen LogP contribution in [0.4, 0.5) is 0 Å². The van der Waals surface area contributed by atoms with Crippen molar-refractivity contribution in [2.45, 2.75) is 106 Å². The summed E-state index contributed by atoms with van der Waals surface area (Å²) in [4.78, 5) is 25.5. The summed E-state index contributed by atoms with van der Waals surface area (Å²) in [5.74, 6) is 2.80. The van der Waals surface area contributed by atoms with Gasteiger partial charge in [-0.2, -0.15) is 0 Å². The molecule has 4 saturated carbocycles. The predicted molar refractivity (Wildman–Crippen MR) is 132 cm³/mol. The van der Waals surface area contributed by atoms with Gasteiger partial charge in [0, 0.05) is 23.7 Å². The first kappa shape index (κ1) is 24.0. The van der Waals surface area contributed by atoms with E-state index in [4.69, 9.17) is 0 Å². The first-order valence-corrected chi connectivity index (χ1v) is 13.2. The maximum absolute atomic E-state index is 12.8. The molecular formula is C30H46O2. The van der Waals surface area contributed by atoms with Crippen LogP contribution in [0.1, 0.15) is 106 Å². The minimum atomic E-state index is -0.217. The van der Waals surface area contributed by atoms with Crippen molar-refractivity contribution in [2.24, 2.45) is 45.3 Å². The van der Waals surface area contributed by atoms with Crippen LogP contribution in [-0.2, 0) is 9.59 Å². The number of Topliss-reactive ketones (excluding diaryl/α,β-unsaturated/α-hetero) is 2. The van der Waals surface area contributed by atoms with Crippen molar-refractivity contribution in [3.05, 3.63) is 24.3 Å². The number of fused-ring (bicyclic) bond motifs is 2. The summed E-state index contributed by atoms with van der Waals surface area (Å²) in [6.07, 6.45) is 10.1. The average Bonchev–Trinajstić information content (AvgIpc) is 2.69. The first-order chi connectivity index (χ1) is 14.8. The monoisotopic (exact) mass is 438 g/mol. The maximum Gasteiger partial charge on any atom is 0.138 e. The lowest BCUT2D eigenvalue weighted by Crippen LogP contribution is -2.54. The highest BCUT2D eigenvalue weighted by Gasteiger charge is 2.58. The summed E-state index contributed by atoms with van der Waals surface area (Å²) >= 11 is 0. The van der Waals surface area contributed by atoms with Crippen molar-refractivity contribution < 1.29 is 9.59 Å². The Morgan fingerprint density at radius 1 is 0.656 bits per heavy atom. The van der Waals surface area contributed by atoms with Crippen LogP contribution < -0.4 is 0 Å². The number of hydrogen-bond donors (Lipinski definition) is 0. The Labute approximate surface area is 196 Å². The van der Waals surface area contributed by atoms with Crippen LogP contribution in [0.2, 0.25) is 0 Å². The smallest absolute Gasteiger partial charge is 0.138 e. The molecule has 0 aliphatic heterocycles. The third-order valence-corrected chi connectivity index (χ3v) is 11.4. The molecule has 4 fully saturated rings. The van der Waals surface area contributed by atoms with Crippen LogP contribution in [0.15, 0.2) is 24.3 Å². The van der Waals surface area contributed by atoms with Crippen molar-refractivity contribution in [3.8, 4) is 0 Å². The van der Waals surface area contributed by atoms with Gasteiger partial charge in [0.25, 0.3) is 0 Å². The molecule has 6 atom stereocenters. The topological polar surface area (TPSA) is 34.1 Å². The van der Waals surface area contributed by atoms with Crippen molar-refractivity contribution in [3.63, 3.8) is 0 Å². The minimum absolute atomic E-state index is 0.171. The van der Waals surface area contributed by atoms with E-state index in [0.717, 1.165) is 64.2 Å². The van der Waals surface area contributed by atoms with Crippen molar-refractivity contribution in [1.29, 1.82) is 0 Å². The first-order valence-electron chi connectivity index (χ1n) is 13.2. The Hall–Kier alpha value is -1.18. The molecule has 0 saturated heterocycles. The summed E-state index contributed by atoms with van der Waals surface area (Å²) < 4.78 is 0. The quantitative estimate of drug-likeness (QED) is 0.423. The molecule has 0 aromatic rings. The Kier molecular flexibility index (Phi) is 5.74. The fourth-order valence-corrected chi connectivity index (χ4v) is 9.35. The maximum atomic E-state index is 12.8. The van der Waals surface area contributed by atoms with Crippen molar-refractivity contribution in [1.82, 2.24) is 0 Å². The molecule has 4 aliphatic carbocycles. The van der Waals surface area contributed by atoms with E-state index in [0.29, 0.717) is 35.2 Å². The third kappa shape index (κ3) is 3.33. The Bertz CT molecular complexity index is 775. The summed E-state index contributed by atoms with van der Waals surface area (Å²) in [5.41, 5.74) is 2.74. The van der Waals surface area contributed by atoms with Crippen LogP contribution in [0.25, 0.3) is 0 Å². The molecule has 0 heterocycles. The van der Waals surface area contributed by atoms with E-state index >= 15 is 0 Å². The highest BCUT2D eigenvalue weighted by Crippen LogP contribution is 2.64. The molecule has 0 N–H and O–H groups in total. The second-order valence-electron chi connectivity index (χ2n) is 13.5. The van der Waals surface area contributed by atoms with Gasteiger partial charge in [0.2, 0.25) is 0 Å². The zero-order chi connectivity index (χ0) is 23.7. The normalized spacial score (nSPS) is 43.6. The number of carbonyl (C=O) groups excluding carboxylic acids is 2. The molecule has 2 heteroatoms. The Morgan fingerprint density at radius 2 is 1.00 bits per heavy atom. The standard InChI is InChI=1S/C30H46O2/c1-19-9-13-23-27(3,4)25(31)15-17-29(23,7)21(19)11-12-22-20(2)10-14-24-28(5,6)26(32)16-18-30(22,24)8/h21-24H,1-2,9-18H2,3-8H3/t21-,22-,23+,24+,29-,30-/m1/s1. The highest BCUT2D eigenvalue weighted by atomic mass is 16.1. The van der Waals surface area contributed by atoms with Crippen molar-refractivity contribution in [2.75, 3.05) is 0 Å². The number of ketones is 2. The van der Waals surface area contributed by atoms with Gasteiger partial charge >= 0.3 is 0 Å². The summed E-state index contributed by atoms with van der Waals surface area (Å²) in [5, 5.41) is 0. The van der Waals surface area contributed by atoms with Gasteiger partial charge < -0.3 is 0 Å². The lowest BCUT2D eigenvalue weighted by molar-refractivity contribution is -0.147. The van der Waals surface area contributed by atoms with Gasteiger partial charge in [-0.3, -0.25) is 9.59 Å². The SMILES string of the molecule is C=C1CC[C@H]2C(C)(C)C(=O)CC[C@]2(C)[C@@H]1CC[C@@H]1C(=C)CC[C@H]2C(C)(C)C(=O)CC[C@]12C. The largest absolute Gasteiger partial charge is 0.299 e. The minimum Gasteiger partial charge on any atom is -0.299 e. The number of allylic oxidation sites excluding steroid dienone is 2. The fraction of sp³-hybridized carbons (Fsp3) is 0.800. The van der Waals surface area contributed by atoms with Gasteiger partial charge in [-0.1, -0.05) is 65.8 Å². The van der Waals surface area contributed by atoms with E-state index < -0.39 is 0 Å². The van der Waals surface area contributed by atoms with Gasteiger partial charge in [-0.15, -0.1) is 0 Å². The number of rotatable bonds is 3. The van der Waals surface area contributed by atoms with E-state index in [9.17, 15) is 9.59 Å². The van der Waals surface area contributed by atoms with Gasteiger partial charge in [0.15, 0.2) is 0 Å². The molecule has 2 nitrogen and oxygen atoms in total. The lowest BCUT2D eigenvalue weighted by Gasteiger charge is -2.59. The molecule has 4 rings (SSSR count). The zero-order valence-corrected chi connectivity index (χ0v) is 21.6. The van der Waals surface area contributed by atoms with Crippen molar-refractivity contribution >= 4 is 11.6 Å². The van der Waals surface area contributed by atoms with E-state index in [-0.39, 0.29) is 21.7 Å². The van der Waals surface area contributed by atoms with Crippen LogP contribution >= 0.6 is 0 Å². The summed E-state index contributed by atoms with van der Waals surface area (Å²) in [6, 6.07) is 0. The molecule has 0 aromatic heterocycles. The molecule has 4 aliphatic rings. The molecule has 0 spiro atoms. The van der Waals surface area contributed by atoms with E-state index in [1.807, 2.05) is 0 Å². The molecule has 178 valence electrons. The molecule has 0 radical (unpaired) electrons. The molecular weight excluding hydrogens is 392 g/mol. The molecule has 32 heavy (non-hydrogen) atoms. The fourth-order valence-electron chi connectivity index (χ4n) is 9.35. The van der Waals surface area contributed by atoms with E-state index in [1.54, 1.807) is 0 Å². The second-order valence-corrected chi connectivity index (χ2v) is 13.5. The van der Waals surface area contributed by atoms with E-state index in [2.05, 4.69) is 54.7 Å². The van der Waals surface area contributed by atoms with Crippen LogP contribution in [-0.4, -0.2) is 11.6 Å². The number of hydrogen-bond acceptors (Lipinski definition) is 2. The molecule has 0 unspecified atom stereocenters. The lowest BCUT2D eigenvalue weighted by atomic mass is 9.45. The van der Waals surface area contributed by atoms with Crippen LogP contribution in [0, 0.1) is 45.3 Å². The average molecular weight is 439 g/mol. The third-order valence-electron chi connectivity index (χ3n) is 11.4. The van der Waals surface area contributed by atoms with Crippen LogP contribution in [0.5, 0.6) is 0 Å².